The molecule has 0 saturated carbocycles. The van der Waals surface area contributed by atoms with Gasteiger partial charge in [-0.05, 0) is 41.0 Å². The van der Waals surface area contributed by atoms with Gasteiger partial charge >= 0.3 is 0 Å². The van der Waals surface area contributed by atoms with E-state index in [9.17, 15) is 13.2 Å². The van der Waals surface area contributed by atoms with Crippen LogP contribution in [0, 0.1) is 0 Å². The first-order valence-corrected chi connectivity index (χ1v) is 10.7. The first-order valence-electron chi connectivity index (χ1n) is 8.43. The number of carbonyl (C=O) groups is 1. The Morgan fingerprint density at radius 1 is 0.852 bits per heavy atom. The van der Waals surface area contributed by atoms with Crippen molar-refractivity contribution in [1.82, 2.24) is 4.31 Å². The first kappa shape index (κ1) is 17.9. The predicted molar refractivity (Wildman–Crippen MR) is 107 cm³/mol. The van der Waals surface area contributed by atoms with Gasteiger partial charge in [-0.15, -0.1) is 0 Å². The van der Waals surface area contributed by atoms with E-state index in [2.05, 4.69) is 15.9 Å². The fourth-order valence-electron chi connectivity index (χ4n) is 3.37. The molecule has 1 aliphatic rings. The molecule has 0 fully saturated rings. The summed E-state index contributed by atoms with van der Waals surface area (Å²) in [6.45, 7) is 0.0384. The Hall–Kier alpha value is -2.44. The van der Waals surface area contributed by atoms with Crippen LogP contribution in [0.25, 0.3) is 0 Å². The molecule has 0 aliphatic carbocycles. The van der Waals surface area contributed by atoms with E-state index in [1.165, 1.54) is 12.1 Å². The molecule has 0 aromatic heterocycles. The van der Waals surface area contributed by atoms with Crippen molar-refractivity contribution in [1.29, 1.82) is 0 Å². The molecule has 3 aromatic carbocycles. The largest absolute Gasteiger partial charge is 0.273 e. The van der Waals surface area contributed by atoms with Gasteiger partial charge in [0.25, 0.3) is 10.0 Å². The van der Waals surface area contributed by atoms with E-state index < -0.39 is 21.8 Å². The quantitative estimate of drug-likeness (QED) is 0.608. The van der Waals surface area contributed by atoms with Crippen molar-refractivity contribution >= 4 is 31.9 Å². The van der Waals surface area contributed by atoms with Gasteiger partial charge in [0.1, 0.15) is 0 Å². The lowest BCUT2D eigenvalue weighted by atomic mass is 9.85. The van der Waals surface area contributed by atoms with Crippen LogP contribution in [0.1, 0.15) is 22.6 Å². The van der Waals surface area contributed by atoms with E-state index >= 15 is 0 Å². The summed E-state index contributed by atoms with van der Waals surface area (Å²) in [5, 5.41) is 0. The number of hydrogen-bond donors (Lipinski definition) is 0. The van der Waals surface area contributed by atoms with Crippen LogP contribution >= 0.6 is 15.9 Å². The van der Waals surface area contributed by atoms with E-state index in [0.29, 0.717) is 0 Å². The number of sulfonamides is 1. The number of fused-ring (bicyclic) bond motifs is 1. The lowest BCUT2D eigenvalue weighted by Gasteiger charge is -2.33. The van der Waals surface area contributed by atoms with Gasteiger partial charge in [-0.25, -0.2) is 12.7 Å². The second kappa shape index (κ2) is 6.94. The molecule has 4 nitrogen and oxygen atoms in total. The van der Waals surface area contributed by atoms with E-state index in [4.69, 9.17) is 0 Å². The molecule has 4 rings (SSSR count). The van der Waals surface area contributed by atoms with Crippen LogP contribution in [-0.2, 0) is 21.4 Å². The molecule has 1 amide bonds. The predicted octanol–water partition coefficient (Wildman–Crippen LogP) is 4.31. The van der Waals surface area contributed by atoms with E-state index in [-0.39, 0.29) is 11.4 Å². The molecule has 0 N–H and O–H groups in total. The van der Waals surface area contributed by atoms with E-state index in [1.54, 1.807) is 12.1 Å². The monoisotopic (exact) mass is 441 g/mol. The standard InChI is InChI=1S/C21H16BrNO3S/c22-17-10-12-18(13-11-17)27(25,26)23-14-16-8-4-5-9-19(16)20(21(23)24)15-6-2-1-3-7-15/h1-13,20H,14H2. The van der Waals surface area contributed by atoms with Crippen molar-refractivity contribution in [2.45, 2.75) is 17.4 Å². The highest BCUT2D eigenvalue weighted by atomic mass is 79.9. The Balaban J connectivity index is 1.84. The molecule has 1 atom stereocenters. The topological polar surface area (TPSA) is 54.5 Å². The van der Waals surface area contributed by atoms with Crippen molar-refractivity contribution in [3.63, 3.8) is 0 Å². The molecular formula is C21H16BrNO3S. The number of rotatable bonds is 3. The second-order valence-electron chi connectivity index (χ2n) is 6.35. The average Bonchev–Trinajstić information content (AvgIpc) is 2.68. The molecular weight excluding hydrogens is 426 g/mol. The SMILES string of the molecule is O=C1C(c2ccccc2)c2ccccc2CN1S(=O)(=O)c1ccc(Br)cc1. The smallest absolute Gasteiger partial charge is 0.266 e. The molecule has 3 aromatic rings. The number of nitrogens with zero attached hydrogens (tertiary/aromatic N) is 1. The van der Waals surface area contributed by atoms with Crippen molar-refractivity contribution in [2.24, 2.45) is 0 Å². The minimum Gasteiger partial charge on any atom is -0.273 e. The van der Waals surface area contributed by atoms with Crippen LogP contribution in [0.2, 0.25) is 0 Å². The molecule has 0 spiro atoms. The lowest BCUT2D eigenvalue weighted by Crippen LogP contribution is -2.43. The average molecular weight is 442 g/mol. The third-order valence-electron chi connectivity index (χ3n) is 4.71. The zero-order chi connectivity index (χ0) is 19.0. The highest BCUT2D eigenvalue weighted by molar-refractivity contribution is 9.10. The number of carbonyl (C=O) groups excluding carboxylic acids is 1. The number of amides is 1. The van der Waals surface area contributed by atoms with Gasteiger partial charge < -0.3 is 0 Å². The highest BCUT2D eigenvalue weighted by Crippen LogP contribution is 2.37. The van der Waals surface area contributed by atoms with Crippen molar-refractivity contribution < 1.29 is 13.2 Å². The highest BCUT2D eigenvalue weighted by Gasteiger charge is 2.40. The number of halogens is 1. The second-order valence-corrected chi connectivity index (χ2v) is 9.12. The van der Waals surface area contributed by atoms with Crippen LogP contribution in [0.15, 0.2) is 88.2 Å². The van der Waals surface area contributed by atoms with Crippen molar-refractivity contribution in [2.75, 3.05) is 0 Å². The molecule has 1 unspecified atom stereocenters. The van der Waals surface area contributed by atoms with Crippen molar-refractivity contribution in [3.8, 4) is 0 Å². The summed E-state index contributed by atoms with van der Waals surface area (Å²) in [5.74, 6) is -1.07. The summed E-state index contributed by atoms with van der Waals surface area (Å²) in [6.07, 6.45) is 0. The molecule has 0 saturated heterocycles. The van der Waals surface area contributed by atoms with Gasteiger partial charge in [0, 0.05) is 4.47 Å². The number of benzene rings is 3. The maximum absolute atomic E-state index is 13.3. The Labute approximate surface area is 166 Å². The van der Waals surface area contributed by atoms with Gasteiger partial charge in [-0.3, -0.25) is 4.79 Å². The fraction of sp³-hybridized carbons (Fsp3) is 0.0952. The van der Waals surface area contributed by atoms with Gasteiger partial charge in [-0.2, -0.15) is 0 Å². The summed E-state index contributed by atoms with van der Waals surface area (Å²) in [6, 6.07) is 23.1. The third kappa shape index (κ3) is 3.19. The van der Waals surface area contributed by atoms with E-state index in [1.807, 2.05) is 54.6 Å². The normalized spacial score (nSPS) is 16.9. The summed E-state index contributed by atoms with van der Waals surface area (Å²) in [5.41, 5.74) is 2.48. The molecule has 1 heterocycles. The van der Waals surface area contributed by atoms with Gasteiger partial charge in [-0.1, -0.05) is 70.5 Å². The van der Waals surface area contributed by atoms with Gasteiger partial charge in [0.15, 0.2) is 0 Å². The summed E-state index contributed by atoms with van der Waals surface area (Å²) in [4.78, 5) is 13.4. The third-order valence-corrected chi connectivity index (χ3v) is 6.99. The Morgan fingerprint density at radius 3 is 2.19 bits per heavy atom. The van der Waals surface area contributed by atoms with Gasteiger partial charge in [0.2, 0.25) is 5.91 Å². The van der Waals surface area contributed by atoms with Crippen LogP contribution in [0.4, 0.5) is 0 Å². The molecule has 6 heteroatoms. The minimum atomic E-state index is -3.95. The summed E-state index contributed by atoms with van der Waals surface area (Å²) < 4.78 is 28.1. The molecule has 136 valence electrons. The zero-order valence-corrected chi connectivity index (χ0v) is 16.7. The first-order chi connectivity index (χ1) is 13.0. The van der Waals surface area contributed by atoms with Crippen LogP contribution in [0.5, 0.6) is 0 Å². The summed E-state index contributed by atoms with van der Waals surface area (Å²) in [7, 11) is -3.95. The Morgan fingerprint density at radius 2 is 1.48 bits per heavy atom. The van der Waals surface area contributed by atoms with E-state index in [0.717, 1.165) is 25.5 Å². The Bertz CT molecular complexity index is 1100. The molecule has 1 aliphatic heterocycles. The summed E-state index contributed by atoms with van der Waals surface area (Å²) >= 11 is 3.31. The maximum Gasteiger partial charge on any atom is 0.266 e. The zero-order valence-electron chi connectivity index (χ0n) is 14.2. The minimum absolute atomic E-state index is 0.0384. The van der Waals surface area contributed by atoms with Crippen molar-refractivity contribution in [3.05, 3.63) is 100 Å². The van der Waals surface area contributed by atoms with Crippen LogP contribution < -0.4 is 0 Å². The molecule has 27 heavy (non-hydrogen) atoms. The fourth-order valence-corrected chi connectivity index (χ4v) is 5.02. The molecule has 0 radical (unpaired) electrons. The van der Waals surface area contributed by atoms with Crippen LogP contribution in [0.3, 0.4) is 0 Å². The number of hydrogen-bond acceptors (Lipinski definition) is 3. The Kier molecular flexibility index (Phi) is 4.61. The lowest BCUT2D eigenvalue weighted by molar-refractivity contribution is -0.128. The maximum atomic E-state index is 13.3. The van der Waals surface area contributed by atoms with Gasteiger partial charge in [0.05, 0.1) is 17.4 Å². The molecule has 0 bridgehead atoms. The van der Waals surface area contributed by atoms with Crippen LogP contribution in [-0.4, -0.2) is 18.6 Å².